The van der Waals surface area contributed by atoms with Crippen molar-refractivity contribution in [3.8, 4) is 0 Å². The number of hydrogen-bond donors (Lipinski definition) is 2. The Kier molecular flexibility index (Phi) is 2.44. The predicted octanol–water partition coefficient (Wildman–Crippen LogP) is 1.74. The van der Waals surface area contributed by atoms with E-state index in [1.807, 2.05) is 0 Å². The van der Waals surface area contributed by atoms with E-state index in [0.717, 1.165) is 30.5 Å². The van der Waals surface area contributed by atoms with Crippen molar-refractivity contribution in [3.63, 3.8) is 0 Å². The van der Waals surface area contributed by atoms with Crippen LogP contribution < -0.4 is 10.9 Å². The van der Waals surface area contributed by atoms with Gasteiger partial charge in [-0.25, -0.2) is 4.39 Å². The van der Waals surface area contributed by atoms with Crippen LogP contribution in [0.15, 0.2) is 29.2 Å². The summed E-state index contributed by atoms with van der Waals surface area (Å²) in [5.74, 6) is 0.0320. The molecule has 2 N–H and O–H groups in total. The van der Waals surface area contributed by atoms with E-state index < -0.39 is 0 Å². The first-order valence-corrected chi connectivity index (χ1v) is 5.77. The summed E-state index contributed by atoms with van der Waals surface area (Å²) in [6.45, 7) is 1.91. The maximum atomic E-state index is 13.2. The molecule has 3 rings (SSSR count). The molecule has 4 heteroatoms. The van der Waals surface area contributed by atoms with Crippen molar-refractivity contribution in [2.24, 2.45) is 0 Å². The monoisotopic (exact) mass is 232 g/mol. The number of pyridine rings is 1. The van der Waals surface area contributed by atoms with Gasteiger partial charge in [-0.15, -0.1) is 0 Å². The minimum absolute atomic E-state index is 0.228. The molecule has 3 nitrogen and oxygen atoms in total. The maximum absolute atomic E-state index is 13.2. The summed E-state index contributed by atoms with van der Waals surface area (Å²) in [5.41, 5.74) is 0.874. The second-order valence-electron chi connectivity index (χ2n) is 4.45. The van der Waals surface area contributed by atoms with Crippen LogP contribution in [0.25, 0.3) is 10.8 Å². The summed E-state index contributed by atoms with van der Waals surface area (Å²) >= 11 is 0. The summed E-state index contributed by atoms with van der Waals surface area (Å²) in [4.78, 5) is 14.4. The van der Waals surface area contributed by atoms with Gasteiger partial charge in [0.15, 0.2) is 0 Å². The van der Waals surface area contributed by atoms with Crippen LogP contribution >= 0.6 is 0 Å². The molecule has 1 atom stereocenters. The molecule has 1 aromatic heterocycles. The minimum Gasteiger partial charge on any atom is -0.328 e. The number of rotatable bonds is 1. The first kappa shape index (κ1) is 10.5. The highest BCUT2D eigenvalue weighted by Gasteiger charge is 2.19. The quantitative estimate of drug-likeness (QED) is 0.786. The number of nitrogens with one attached hydrogen (secondary N) is 2. The Balaban J connectivity index is 2.25. The van der Waals surface area contributed by atoms with Crippen LogP contribution in [0.5, 0.6) is 0 Å². The first-order valence-electron chi connectivity index (χ1n) is 5.77. The predicted molar refractivity (Wildman–Crippen MR) is 64.8 cm³/mol. The SMILES string of the molecule is O=c1[nH]cc(C2CCNC2)c2ccc(F)cc12. The highest BCUT2D eigenvalue weighted by Crippen LogP contribution is 2.27. The van der Waals surface area contributed by atoms with Crippen molar-refractivity contribution in [2.75, 3.05) is 13.1 Å². The Morgan fingerprint density at radius 1 is 1.29 bits per heavy atom. The minimum atomic E-state index is -0.371. The average Bonchev–Trinajstić information content (AvgIpc) is 2.84. The van der Waals surface area contributed by atoms with E-state index in [4.69, 9.17) is 0 Å². The van der Waals surface area contributed by atoms with E-state index in [2.05, 4.69) is 10.3 Å². The van der Waals surface area contributed by atoms with Crippen LogP contribution in [0.4, 0.5) is 4.39 Å². The number of fused-ring (bicyclic) bond motifs is 1. The fourth-order valence-corrected chi connectivity index (χ4v) is 2.51. The zero-order valence-corrected chi connectivity index (χ0v) is 9.29. The molecule has 17 heavy (non-hydrogen) atoms. The third-order valence-corrected chi connectivity index (χ3v) is 3.40. The van der Waals surface area contributed by atoms with Gasteiger partial charge in [-0.1, -0.05) is 6.07 Å². The van der Waals surface area contributed by atoms with Gasteiger partial charge in [-0.3, -0.25) is 4.79 Å². The number of aromatic nitrogens is 1. The highest BCUT2D eigenvalue weighted by atomic mass is 19.1. The van der Waals surface area contributed by atoms with E-state index >= 15 is 0 Å². The van der Waals surface area contributed by atoms with Crippen LogP contribution in [-0.2, 0) is 0 Å². The number of halogens is 1. The second-order valence-corrected chi connectivity index (χ2v) is 4.45. The lowest BCUT2D eigenvalue weighted by molar-refractivity contribution is 0.629. The lowest BCUT2D eigenvalue weighted by Crippen LogP contribution is -2.12. The summed E-state index contributed by atoms with van der Waals surface area (Å²) in [5, 5.41) is 4.60. The molecule has 1 unspecified atom stereocenters. The molecule has 2 aromatic rings. The number of aromatic amines is 1. The van der Waals surface area contributed by atoms with Gasteiger partial charge in [0.05, 0.1) is 5.39 Å². The van der Waals surface area contributed by atoms with Gasteiger partial charge in [-0.2, -0.15) is 0 Å². The van der Waals surface area contributed by atoms with Crippen molar-refractivity contribution in [1.82, 2.24) is 10.3 Å². The van der Waals surface area contributed by atoms with E-state index in [0.29, 0.717) is 11.3 Å². The number of H-pyrrole nitrogens is 1. The molecule has 0 spiro atoms. The van der Waals surface area contributed by atoms with Crippen molar-refractivity contribution >= 4 is 10.8 Å². The summed E-state index contributed by atoms with van der Waals surface area (Å²) in [7, 11) is 0. The van der Waals surface area contributed by atoms with Gasteiger partial charge in [0.25, 0.3) is 5.56 Å². The van der Waals surface area contributed by atoms with Gasteiger partial charge in [0, 0.05) is 12.7 Å². The lowest BCUT2D eigenvalue weighted by atomic mass is 9.95. The van der Waals surface area contributed by atoms with Crippen molar-refractivity contribution in [2.45, 2.75) is 12.3 Å². The van der Waals surface area contributed by atoms with Gasteiger partial charge >= 0.3 is 0 Å². The topological polar surface area (TPSA) is 44.9 Å². The molecular formula is C13H13FN2O. The molecule has 0 saturated carbocycles. The van der Waals surface area contributed by atoms with Crippen LogP contribution in [0.2, 0.25) is 0 Å². The van der Waals surface area contributed by atoms with Gasteiger partial charge in [-0.05, 0) is 42.0 Å². The molecule has 1 aliphatic heterocycles. The Hall–Kier alpha value is -1.68. The standard InChI is InChI=1S/C13H13FN2O/c14-9-1-2-10-11(5-9)13(17)16-7-12(10)8-3-4-15-6-8/h1-2,5,7-8,15H,3-4,6H2,(H,16,17). The zero-order valence-electron chi connectivity index (χ0n) is 9.29. The first-order chi connectivity index (χ1) is 8.25. The molecule has 0 amide bonds. The van der Waals surface area contributed by atoms with Gasteiger partial charge in [0.2, 0.25) is 0 Å². The maximum Gasteiger partial charge on any atom is 0.255 e. The smallest absolute Gasteiger partial charge is 0.255 e. The number of benzene rings is 1. The van der Waals surface area contributed by atoms with Crippen molar-refractivity contribution in [3.05, 3.63) is 46.1 Å². The van der Waals surface area contributed by atoms with E-state index in [1.165, 1.54) is 12.1 Å². The molecule has 88 valence electrons. The molecular weight excluding hydrogens is 219 g/mol. The Labute approximate surface area is 97.7 Å². The van der Waals surface area contributed by atoms with Crippen molar-refractivity contribution < 1.29 is 4.39 Å². The van der Waals surface area contributed by atoms with Gasteiger partial charge in [0.1, 0.15) is 5.82 Å². The molecule has 2 heterocycles. The molecule has 1 aromatic carbocycles. The summed E-state index contributed by atoms with van der Waals surface area (Å²) in [6.07, 6.45) is 2.82. The zero-order chi connectivity index (χ0) is 11.8. The Morgan fingerprint density at radius 3 is 2.94 bits per heavy atom. The molecule has 0 radical (unpaired) electrons. The van der Waals surface area contributed by atoms with Crippen LogP contribution in [0.3, 0.4) is 0 Å². The normalized spacial score (nSPS) is 19.9. The summed E-state index contributed by atoms with van der Waals surface area (Å²) in [6, 6.07) is 4.42. The molecule has 0 aliphatic carbocycles. The third-order valence-electron chi connectivity index (χ3n) is 3.40. The third kappa shape index (κ3) is 1.74. The van der Waals surface area contributed by atoms with E-state index in [-0.39, 0.29) is 11.4 Å². The summed E-state index contributed by atoms with van der Waals surface area (Å²) < 4.78 is 13.2. The van der Waals surface area contributed by atoms with Crippen LogP contribution in [0.1, 0.15) is 17.9 Å². The van der Waals surface area contributed by atoms with Crippen LogP contribution in [0, 0.1) is 5.82 Å². The lowest BCUT2D eigenvalue weighted by Gasteiger charge is -2.11. The molecule has 1 saturated heterocycles. The van der Waals surface area contributed by atoms with E-state index in [9.17, 15) is 9.18 Å². The van der Waals surface area contributed by atoms with Gasteiger partial charge < -0.3 is 10.3 Å². The molecule has 0 bridgehead atoms. The molecule has 1 fully saturated rings. The van der Waals surface area contributed by atoms with Crippen LogP contribution in [-0.4, -0.2) is 18.1 Å². The largest absolute Gasteiger partial charge is 0.328 e. The highest BCUT2D eigenvalue weighted by molar-refractivity contribution is 5.85. The Bertz CT molecular complexity index is 614. The van der Waals surface area contributed by atoms with Crippen molar-refractivity contribution in [1.29, 1.82) is 0 Å². The average molecular weight is 232 g/mol. The fourth-order valence-electron chi connectivity index (χ4n) is 2.51. The second kappa shape index (κ2) is 3.96. The number of hydrogen-bond acceptors (Lipinski definition) is 2. The Morgan fingerprint density at radius 2 is 2.18 bits per heavy atom. The molecule has 1 aliphatic rings. The van der Waals surface area contributed by atoms with E-state index in [1.54, 1.807) is 12.3 Å². The fraction of sp³-hybridized carbons (Fsp3) is 0.308.